The van der Waals surface area contributed by atoms with Crippen molar-refractivity contribution in [1.29, 1.82) is 0 Å². The van der Waals surface area contributed by atoms with Gasteiger partial charge in [0.15, 0.2) is 0 Å². The number of rotatable bonds is 9. The van der Waals surface area contributed by atoms with Crippen molar-refractivity contribution < 1.29 is 9.47 Å². The third-order valence-electron chi connectivity index (χ3n) is 3.32. The monoisotopic (exact) mass is 266 g/mol. The summed E-state index contributed by atoms with van der Waals surface area (Å²) >= 11 is 0. The maximum absolute atomic E-state index is 5.16. The highest BCUT2D eigenvalue weighted by Gasteiger charge is 2.07. The second kappa shape index (κ2) is 8.91. The molecule has 0 aliphatic carbocycles. The molecule has 1 aromatic carbocycles. The number of ether oxygens (including phenoxy) is 2. The minimum atomic E-state index is 0.375. The fourth-order valence-corrected chi connectivity index (χ4v) is 1.91. The average molecular weight is 266 g/mol. The number of hydrogen-bond donors (Lipinski definition) is 1. The Bertz CT molecular complexity index is 333. The van der Waals surface area contributed by atoms with Gasteiger partial charge in [-0.05, 0) is 31.7 Å². The first-order chi connectivity index (χ1) is 9.22. The lowest BCUT2D eigenvalue weighted by atomic mass is 10.1. The summed E-state index contributed by atoms with van der Waals surface area (Å²) in [5.74, 6) is 0. The van der Waals surface area contributed by atoms with Gasteiger partial charge in [0.2, 0.25) is 0 Å². The molecule has 0 saturated carbocycles. The SMILES string of the molecule is CNC(C)c1ccc(N(CCOC)CCOC)cc1. The number of methoxy groups -OCH3 is 2. The standard InChI is InChI=1S/C15H26N2O2/c1-13(16-2)14-5-7-15(8-6-14)17(9-11-18-3)10-12-19-4/h5-8,13,16H,9-12H2,1-4H3. The van der Waals surface area contributed by atoms with Crippen LogP contribution in [0.2, 0.25) is 0 Å². The van der Waals surface area contributed by atoms with Gasteiger partial charge >= 0.3 is 0 Å². The molecule has 0 bridgehead atoms. The Morgan fingerprint density at radius 3 is 2.00 bits per heavy atom. The van der Waals surface area contributed by atoms with Crippen LogP contribution in [-0.2, 0) is 9.47 Å². The number of nitrogens with zero attached hydrogens (tertiary/aromatic N) is 1. The molecule has 4 nitrogen and oxygen atoms in total. The zero-order chi connectivity index (χ0) is 14.1. The van der Waals surface area contributed by atoms with Crippen LogP contribution >= 0.6 is 0 Å². The summed E-state index contributed by atoms with van der Waals surface area (Å²) in [4.78, 5) is 2.28. The maximum atomic E-state index is 5.16. The van der Waals surface area contributed by atoms with Gasteiger partial charge in [0, 0.05) is 39.0 Å². The van der Waals surface area contributed by atoms with E-state index in [-0.39, 0.29) is 0 Å². The van der Waals surface area contributed by atoms with Gasteiger partial charge in [0.1, 0.15) is 0 Å². The zero-order valence-corrected chi connectivity index (χ0v) is 12.5. The van der Waals surface area contributed by atoms with Crippen molar-refractivity contribution in [3.8, 4) is 0 Å². The van der Waals surface area contributed by atoms with Crippen LogP contribution in [0.3, 0.4) is 0 Å². The van der Waals surface area contributed by atoms with Crippen molar-refractivity contribution in [2.24, 2.45) is 0 Å². The van der Waals surface area contributed by atoms with Crippen molar-refractivity contribution in [2.45, 2.75) is 13.0 Å². The van der Waals surface area contributed by atoms with Gasteiger partial charge in [-0.2, -0.15) is 0 Å². The third-order valence-corrected chi connectivity index (χ3v) is 3.32. The number of anilines is 1. The van der Waals surface area contributed by atoms with Crippen LogP contribution in [0.1, 0.15) is 18.5 Å². The maximum Gasteiger partial charge on any atom is 0.0637 e. The highest BCUT2D eigenvalue weighted by molar-refractivity contribution is 5.48. The van der Waals surface area contributed by atoms with Crippen LogP contribution in [-0.4, -0.2) is 47.6 Å². The van der Waals surface area contributed by atoms with Gasteiger partial charge in [-0.25, -0.2) is 0 Å². The summed E-state index contributed by atoms with van der Waals surface area (Å²) in [6, 6.07) is 9.04. The largest absolute Gasteiger partial charge is 0.383 e. The minimum Gasteiger partial charge on any atom is -0.383 e. The molecule has 0 aliphatic heterocycles. The van der Waals surface area contributed by atoms with Crippen molar-refractivity contribution in [3.05, 3.63) is 29.8 Å². The average Bonchev–Trinajstić information content (AvgIpc) is 2.47. The molecular weight excluding hydrogens is 240 g/mol. The summed E-state index contributed by atoms with van der Waals surface area (Å²) < 4.78 is 10.3. The van der Waals surface area contributed by atoms with Crippen molar-refractivity contribution in [3.63, 3.8) is 0 Å². The molecule has 0 aliphatic rings. The van der Waals surface area contributed by atoms with Gasteiger partial charge in [-0.1, -0.05) is 12.1 Å². The molecule has 0 aromatic heterocycles. The molecule has 0 radical (unpaired) electrons. The molecule has 1 aromatic rings. The van der Waals surface area contributed by atoms with Crippen molar-refractivity contribution >= 4 is 5.69 Å². The van der Waals surface area contributed by atoms with Crippen LogP contribution in [0.25, 0.3) is 0 Å². The predicted molar refractivity (Wildman–Crippen MR) is 79.9 cm³/mol. The minimum absolute atomic E-state index is 0.375. The summed E-state index contributed by atoms with van der Waals surface area (Å²) in [5, 5.41) is 3.24. The molecule has 0 fully saturated rings. The first kappa shape index (κ1) is 16.0. The zero-order valence-electron chi connectivity index (χ0n) is 12.5. The van der Waals surface area contributed by atoms with Crippen LogP contribution in [0.5, 0.6) is 0 Å². The molecule has 1 atom stereocenters. The normalized spacial score (nSPS) is 12.4. The molecule has 1 rings (SSSR count). The molecule has 108 valence electrons. The van der Waals surface area contributed by atoms with Crippen LogP contribution < -0.4 is 10.2 Å². The molecule has 0 spiro atoms. The van der Waals surface area contributed by atoms with Crippen LogP contribution in [0, 0.1) is 0 Å². The second-order valence-corrected chi connectivity index (χ2v) is 4.57. The molecular formula is C15H26N2O2. The Morgan fingerprint density at radius 1 is 1.05 bits per heavy atom. The Balaban J connectivity index is 2.71. The second-order valence-electron chi connectivity index (χ2n) is 4.57. The summed E-state index contributed by atoms with van der Waals surface area (Å²) in [6.07, 6.45) is 0. The van der Waals surface area contributed by atoms with E-state index in [1.165, 1.54) is 11.3 Å². The van der Waals surface area contributed by atoms with E-state index in [0.29, 0.717) is 6.04 Å². The Labute approximate surface area is 116 Å². The Hall–Kier alpha value is -1.10. The molecule has 0 heterocycles. The van der Waals surface area contributed by atoms with E-state index < -0.39 is 0 Å². The number of benzene rings is 1. The van der Waals surface area contributed by atoms with E-state index in [1.54, 1.807) is 14.2 Å². The van der Waals surface area contributed by atoms with E-state index in [0.717, 1.165) is 26.3 Å². The van der Waals surface area contributed by atoms with Gasteiger partial charge in [-0.15, -0.1) is 0 Å². The van der Waals surface area contributed by atoms with Gasteiger partial charge in [-0.3, -0.25) is 0 Å². The van der Waals surface area contributed by atoms with Crippen LogP contribution in [0.4, 0.5) is 5.69 Å². The summed E-state index contributed by atoms with van der Waals surface area (Å²) in [7, 11) is 5.43. The van der Waals surface area contributed by atoms with Gasteiger partial charge in [0.25, 0.3) is 0 Å². The van der Waals surface area contributed by atoms with Gasteiger partial charge < -0.3 is 19.7 Å². The Kier molecular flexibility index (Phi) is 7.48. The topological polar surface area (TPSA) is 33.7 Å². The molecule has 1 N–H and O–H groups in total. The molecule has 0 amide bonds. The van der Waals surface area contributed by atoms with E-state index in [4.69, 9.17) is 9.47 Å². The fraction of sp³-hybridized carbons (Fsp3) is 0.600. The van der Waals surface area contributed by atoms with E-state index in [1.807, 2.05) is 7.05 Å². The smallest absolute Gasteiger partial charge is 0.0637 e. The molecule has 19 heavy (non-hydrogen) atoms. The molecule has 4 heteroatoms. The lowest BCUT2D eigenvalue weighted by Crippen LogP contribution is -2.30. The fourth-order valence-electron chi connectivity index (χ4n) is 1.91. The summed E-state index contributed by atoms with van der Waals surface area (Å²) in [6.45, 7) is 5.35. The molecule has 1 unspecified atom stereocenters. The first-order valence-corrected chi connectivity index (χ1v) is 6.73. The van der Waals surface area contributed by atoms with E-state index >= 15 is 0 Å². The van der Waals surface area contributed by atoms with Gasteiger partial charge in [0.05, 0.1) is 13.2 Å². The highest BCUT2D eigenvalue weighted by atomic mass is 16.5. The third kappa shape index (κ3) is 5.19. The van der Waals surface area contributed by atoms with E-state index in [9.17, 15) is 0 Å². The number of nitrogens with one attached hydrogen (secondary N) is 1. The van der Waals surface area contributed by atoms with Crippen LogP contribution in [0.15, 0.2) is 24.3 Å². The van der Waals surface area contributed by atoms with Crippen molar-refractivity contribution in [1.82, 2.24) is 5.32 Å². The van der Waals surface area contributed by atoms with Crippen molar-refractivity contribution in [2.75, 3.05) is 52.5 Å². The highest BCUT2D eigenvalue weighted by Crippen LogP contribution is 2.18. The quantitative estimate of drug-likeness (QED) is 0.742. The number of hydrogen-bond acceptors (Lipinski definition) is 4. The lowest BCUT2D eigenvalue weighted by Gasteiger charge is -2.24. The molecule has 0 saturated heterocycles. The van der Waals surface area contributed by atoms with E-state index in [2.05, 4.69) is 41.4 Å². The first-order valence-electron chi connectivity index (χ1n) is 6.73. The lowest BCUT2D eigenvalue weighted by molar-refractivity contribution is 0.190. The Morgan fingerprint density at radius 2 is 1.58 bits per heavy atom. The summed E-state index contributed by atoms with van der Waals surface area (Å²) in [5.41, 5.74) is 2.51. The predicted octanol–water partition coefficient (Wildman–Crippen LogP) is 2.07.